The molecule has 0 aliphatic carbocycles. The molecule has 9 heteroatoms. The average molecular weight is 505 g/mol. The average Bonchev–Trinajstić information content (AvgIpc) is 2.92. The van der Waals surface area contributed by atoms with Crippen molar-refractivity contribution in [1.29, 1.82) is 0 Å². The normalized spacial score (nSPS) is 17.1. The lowest BCUT2D eigenvalue weighted by Gasteiger charge is -2.52. The lowest BCUT2D eigenvalue weighted by Crippen LogP contribution is -2.57. The van der Waals surface area contributed by atoms with Gasteiger partial charge in [0.1, 0.15) is 0 Å². The van der Waals surface area contributed by atoms with Gasteiger partial charge in [0.25, 0.3) is 17.7 Å². The maximum atomic E-state index is 12.8. The van der Waals surface area contributed by atoms with Gasteiger partial charge in [-0.3, -0.25) is 24.5 Å². The number of carbonyl (C=O) groups excluding carboxylic acids is 3. The monoisotopic (exact) mass is 504 g/mol. The third-order valence-electron chi connectivity index (χ3n) is 7.08. The molecule has 9 nitrogen and oxygen atoms in total. The van der Waals surface area contributed by atoms with Gasteiger partial charge in [0.2, 0.25) is 0 Å². The zero-order valence-electron chi connectivity index (χ0n) is 21.1. The summed E-state index contributed by atoms with van der Waals surface area (Å²) >= 11 is 0. The minimum Gasteiger partial charge on any atom is -0.381 e. The van der Waals surface area contributed by atoms with Crippen molar-refractivity contribution in [3.05, 3.63) is 70.8 Å². The smallest absolute Gasteiger partial charge is 0.275 e. The van der Waals surface area contributed by atoms with E-state index < -0.39 is 23.8 Å². The molecule has 0 saturated carbocycles. The van der Waals surface area contributed by atoms with Crippen molar-refractivity contribution in [2.45, 2.75) is 25.4 Å². The Morgan fingerprint density at radius 3 is 2.11 bits per heavy atom. The van der Waals surface area contributed by atoms with Crippen LogP contribution in [0.15, 0.2) is 48.5 Å². The molecule has 2 saturated heterocycles. The zero-order chi connectivity index (χ0) is 26.4. The Labute approximate surface area is 216 Å². The summed E-state index contributed by atoms with van der Waals surface area (Å²) in [5.74, 6) is 3.98. The number of nitrogens with one attached hydrogen (secondary N) is 2. The second kappa shape index (κ2) is 11.6. The summed E-state index contributed by atoms with van der Waals surface area (Å²) in [6.07, 6.45) is 2.34. The second-order valence-corrected chi connectivity index (χ2v) is 9.69. The van der Waals surface area contributed by atoms with Gasteiger partial charge in [0, 0.05) is 69.0 Å². The Kier molecular flexibility index (Phi) is 8.24. The van der Waals surface area contributed by atoms with Crippen molar-refractivity contribution in [2.75, 3.05) is 40.4 Å². The van der Waals surface area contributed by atoms with E-state index in [0.29, 0.717) is 5.41 Å². The molecule has 2 aromatic carbocycles. The highest BCUT2D eigenvalue weighted by atomic mass is 16.5. The van der Waals surface area contributed by atoms with Gasteiger partial charge in [0.05, 0.1) is 0 Å². The van der Waals surface area contributed by atoms with Crippen molar-refractivity contribution in [2.24, 2.45) is 5.41 Å². The molecule has 3 amide bonds. The van der Waals surface area contributed by atoms with Crippen LogP contribution in [0.1, 0.15) is 39.9 Å². The van der Waals surface area contributed by atoms with Crippen LogP contribution in [-0.4, -0.2) is 79.2 Å². The molecule has 0 radical (unpaired) electrons. The maximum Gasteiger partial charge on any atom is 0.275 e. The Bertz CT molecular complexity index is 1170. The number of benzene rings is 2. The number of hydrogen-bond acceptors (Lipinski definition) is 6. The van der Waals surface area contributed by atoms with E-state index in [1.54, 1.807) is 24.3 Å². The summed E-state index contributed by atoms with van der Waals surface area (Å²) in [6, 6.07) is 13.3. The molecule has 0 bridgehead atoms. The first-order chi connectivity index (χ1) is 17.8. The van der Waals surface area contributed by atoms with Crippen molar-refractivity contribution in [3.8, 4) is 11.8 Å². The van der Waals surface area contributed by atoms with E-state index in [4.69, 9.17) is 9.94 Å². The van der Waals surface area contributed by atoms with Crippen LogP contribution in [0.25, 0.3) is 0 Å². The van der Waals surface area contributed by atoms with Gasteiger partial charge < -0.3 is 15.0 Å². The summed E-state index contributed by atoms with van der Waals surface area (Å²) in [7, 11) is 2.66. The van der Waals surface area contributed by atoms with Crippen LogP contribution in [0.4, 0.5) is 0 Å². The van der Waals surface area contributed by atoms with Gasteiger partial charge in [0.15, 0.2) is 6.04 Å². The minimum absolute atomic E-state index is 0.283. The van der Waals surface area contributed by atoms with Crippen LogP contribution in [0.2, 0.25) is 0 Å². The standard InChI is InChI=1S/C28H32N4O5/c1-29-25(33)24(26(34)30-36)31(2)27(35)23-11-9-21(10-12-23)4-3-20-5-7-22(8-6-20)17-32-18-28(19-32)13-15-37-16-14-28/h5-12,24,36H,13-19H2,1-2H3,(H,29,33)(H,30,34). The number of likely N-dealkylation sites (tertiary alicyclic amines) is 1. The molecule has 2 aliphatic heterocycles. The zero-order valence-corrected chi connectivity index (χ0v) is 21.1. The Morgan fingerprint density at radius 2 is 1.57 bits per heavy atom. The van der Waals surface area contributed by atoms with Gasteiger partial charge in [-0.05, 0) is 54.8 Å². The van der Waals surface area contributed by atoms with E-state index in [2.05, 4.69) is 34.2 Å². The van der Waals surface area contributed by atoms with Gasteiger partial charge in [-0.2, -0.15) is 0 Å². The Morgan fingerprint density at radius 1 is 1.00 bits per heavy atom. The number of ether oxygens (including phenoxy) is 1. The number of hydroxylamine groups is 1. The van der Waals surface area contributed by atoms with E-state index >= 15 is 0 Å². The molecule has 37 heavy (non-hydrogen) atoms. The van der Waals surface area contributed by atoms with E-state index in [1.165, 1.54) is 38.0 Å². The lowest BCUT2D eigenvalue weighted by atomic mass is 9.73. The van der Waals surface area contributed by atoms with Crippen LogP contribution in [-0.2, 0) is 20.9 Å². The third kappa shape index (κ3) is 6.17. The predicted molar refractivity (Wildman–Crippen MR) is 137 cm³/mol. The molecule has 1 unspecified atom stereocenters. The van der Waals surface area contributed by atoms with Gasteiger partial charge >= 0.3 is 0 Å². The number of likely N-dealkylation sites (N-methyl/N-ethyl adjacent to an activating group) is 2. The number of carbonyl (C=O) groups is 3. The fraction of sp³-hybridized carbons (Fsp3) is 0.393. The predicted octanol–water partition coefficient (Wildman–Crippen LogP) is 1.39. The summed E-state index contributed by atoms with van der Waals surface area (Å²) in [5, 5.41) is 11.2. The molecule has 1 atom stereocenters. The second-order valence-electron chi connectivity index (χ2n) is 9.69. The third-order valence-corrected chi connectivity index (χ3v) is 7.08. The van der Waals surface area contributed by atoms with Crippen molar-refractivity contribution in [3.63, 3.8) is 0 Å². The Hall–Kier alpha value is -3.71. The molecule has 194 valence electrons. The highest BCUT2D eigenvalue weighted by Crippen LogP contribution is 2.40. The fourth-order valence-corrected chi connectivity index (χ4v) is 4.92. The van der Waals surface area contributed by atoms with Gasteiger partial charge in [-0.1, -0.05) is 24.0 Å². The molecule has 3 N–H and O–H groups in total. The summed E-state index contributed by atoms with van der Waals surface area (Å²) < 4.78 is 5.50. The molecule has 0 aromatic heterocycles. The highest BCUT2D eigenvalue weighted by Gasteiger charge is 2.43. The first kappa shape index (κ1) is 26.4. The first-order valence-electron chi connectivity index (χ1n) is 12.3. The molecule has 2 fully saturated rings. The topological polar surface area (TPSA) is 111 Å². The number of amides is 3. The summed E-state index contributed by atoms with van der Waals surface area (Å²) in [6.45, 7) is 5.01. The molecule has 2 heterocycles. The molecule has 2 aliphatic rings. The summed E-state index contributed by atoms with van der Waals surface area (Å²) in [5.41, 5.74) is 5.07. The van der Waals surface area contributed by atoms with Crippen LogP contribution >= 0.6 is 0 Å². The minimum atomic E-state index is -1.51. The van der Waals surface area contributed by atoms with Crippen LogP contribution in [0.3, 0.4) is 0 Å². The number of nitrogens with zero attached hydrogens (tertiary/aromatic N) is 2. The van der Waals surface area contributed by atoms with Crippen LogP contribution < -0.4 is 10.8 Å². The number of rotatable bonds is 6. The van der Waals surface area contributed by atoms with Gasteiger partial charge in [-0.25, -0.2) is 5.48 Å². The SMILES string of the molecule is CNC(=O)C(C(=O)NO)N(C)C(=O)c1ccc(C#Cc2ccc(CN3CC4(CCOCC4)C3)cc2)cc1. The van der Waals surface area contributed by atoms with E-state index in [-0.39, 0.29) is 5.56 Å². The molecule has 2 aromatic rings. The molecular weight excluding hydrogens is 472 g/mol. The first-order valence-corrected chi connectivity index (χ1v) is 12.3. The van der Waals surface area contributed by atoms with E-state index in [9.17, 15) is 14.4 Å². The summed E-state index contributed by atoms with van der Waals surface area (Å²) in [4.78, 5) is 40.1. The highest BCUT2D eigenvalue weighted by molar-refractivity contribution is 6.08. The van der Waals surface area contributed by atoms with Crippen LogP contribution in [0, 0.1) is 17.3 Å². The fourth-order valence-electron chi connectivity index (χ4n) is 4.92. The molecule has 4 rings (SSSR count). The Balaban J connectivity index is 1.33. The lowest BCUT2D eigenvalue weighted by molar-refractivity contribution is -0.140. The van der Waals surface area contributed by atoms with Crippen molar-refractivity contribution < 1.29 is 24.3 Å². The van der Waals surface area contributed by atoms with Crippen LogP contribution in [0.5, 0.6) is 0 Å². The van der Waals surface area contributed by atoms with Crippen molar-refractivity contribution in [1.82, 2.24) is 20.6 Å². The molecule has 1 spiro atoms. The van der Waals surface area contributed by atoms with E-state index in [1.807, 2.05) is 12.1 Å². The van der Waals surface area contributed by atoms with Crippen molar-refractivity contribution >= 4 is 17.7 Å². The van der Waals surface area contributed by atoms with Gasteiger partial charge in [-0.15, -0.1) is 0 Å². The quantitative estimate of drug-likeness (QED) is 0.237. The largest absolute Gasteiger partial charge is 0.381 e. The molecular formula is C28H32N4O5. The maximum absolute atomic E-state index is 12.8. The number of hydrogen-bond donors (Lipinski definition) is 3. The van der Waals surface area contributed by atoms with E-state index in [0.717, 1.165) is 48.9 Å².